The Balaban J connectivity index is 2.53. The van der Waals surface area contributed by atoms with Crippen LogP contribution in [0.4, 0.5) is 0 Å². The fourth-order valence-corrected chi connectivity index (χ4v) is 1.75. The minimum Gasteiger partial charge on any atom is -0.464 e. The highest BCUT2D eigenvalue weighted by molar-refractivity contribution is 7.12. The molecule has 0 amide bonds. The van der Waals surface area contributed by atoms with Gasteiger partial charge in [-0.25, -0.2) is 0 Å². The van der Waals surface area contributed by atoms with Gasteiger partial charge in [-0.3, -0.25) is 4.79 Å². The van der Waals surface area contributed by atoms with Gasteiger partial charge in [-0.1, -0.05) is 0 Å². The van der Waals surface area contributed by atoms with Crippen molar-refractivity contribution >= 4 is 17.6 Å². The lowest BCUT2D eigenvalue weighted by Gasteiger charge is -1.90. The summed E-state index contributed by atoms with van der Waals surface area (Å²) >= 11 is 1.42. The molecule has 0 saturated carbocycles. The second-order valence-corrected chi connectivity index (χ2v) is 3.24. The molecule has 0 aromatic carbocycles. The molecule has 0 radical (unpaired) electrons. The quantitative estimate of drug-likeness (QED) is 0.662. The summed E-state index contributed by atoms with van der Waals surface area (Å²) in [5.74, 6) is 0.748. The van der Waals surface area contributed by atoms with E-state index in [2.05, 4.69) is 0 Å². The third-order valence-corrected chi connectivity index (χ3v) is 2.43. The predicted octanol–water partition coefficient (Wildman–Crippen LogP) is 2.82. The maximum absolute atomic E-state index is 10.6. The first-order valence-electron chi connectivity index (χ1n) is 3.48. The van der Waals surface area contributed by atoms with E-state index < -0.39 is 0 Å². The van der Waals surface area contributed by atoms with Crippen LogP contribution < -0.4 is 0 Å². The van der Waals surface area contributed by atoms with Crippen LogP contribution in [0.3, 0.4) is 0 Å². The molecular formula is C9H6O2S. The van der Waals surface area contributed by atoms with Crippen LogP contribution in [0.5, 0.6) is 0 Å². The summed E-state index contributed by atoms with van der Waals surface area (Å²) in [6.45, 7) is 0. The SMILES string of the molecule is O=Cc1sccc1-c1ccco1. The standard InChI is InChI=1S/C9H6O2S/c10-6-9-7(3-5-12-9)8-2-1-4-11-8/h1-6H. The largest absolute Gasteiger partial charge is 0.464 e. The van der Waals surface area contributed by atoms with E-state index >= 15 is 0 Å². The molecule has 2 nitrogen and oxygen atoms in total. The number of thiophene rings is 1. The van der Waals surface area contributed by atoms with Gasteiger partial charge in [-0.05, 0) is 23.6 Å². The van der Waals surface area contributed by atoms with Crippen LogP contribution in [-0.2, 0) is 0 Å². The molecule has 0 fully saturated rings. The number of furan rings is 1. The highest BCUT2D eigenvalue weighted by Gasteiger charge is 2.07. The maximum atomic E-state index is 10.6. The zero-order valence-electron chi connectivity index (χ0n) is 6.19. The van der Waals surface area contributed by atoms with Crippen LogP contribution in [0.1, 0.15) is 9.67 Å². The maximum Gasteiger partial charge on any atom is 0.160 e. The molecule has 0 aliphatic heterocycles. The van der Waals surface area contributed by atoms with Gasteiger partial charge in [-0.15, -0.1) is 11.3 Å². The molecular weight excluding hydrogens is 172 g/mol. The van der Waals surface area contributed by atoms with Crippen molar-refractivity contribution in [2.24, 2.45) is 0 Å². The fourth-order valence-electron chi connectivity index (χ4n) is 1.05. The van der Waals surface area contributed by atoms with Crippen LogP contribution >= 0.6 is 11.3 Å². The summed E-state index contributed by atoms with van der Waals surface area (Å²) in [7, 11) is 0. The molecule has 12 heavy (non-hydrogen) atoms. The Morgan fingerprint density at radius 3 is 3.00 bits per heavy atom. The van der Waals surface area contributed by atoms with E-state index in [1.165, 1.54) is 11.3 Å². The van der Waals surface area contributed by atoms with E-state index in [4.69, 9.17) is 4.42 Å². The summed E-state index contributed by atoms with van der Waals surface area (Å²) in [5, 5.41) is 1.88. The summed E-state index contributed by atoms with van der Waals surface area (Å²) in [6, 6.07) is 5.53. The topological polar surface area (TPSA) is 30.2 Å². The van der Waals surface area contributed by atoms with E-state index in [-0.39, 0.29) is 0 Å². The third-order valence-electron chi connectivity index (χ3n) is 1.59. The fraction of sp³-hybridized carbons (Fsp3) is 0. The van der Waals surface area contributed by atoms with Crippen LogP contribution in [-0.4, -0.2) is 6.29 Å². The van der Waals surface area contributed by atoms with Crippen molar-refractivity contribution in [2.45, 2.75) is 0 Å². The zero-order chi connectivity index (χ0) is 8.39. The Bertz CT molecular complexity index is 373. The Labute approximate surface area is 73.4 Å². The average molecular weight is 178 g/mol. The van der Waals surface area contributed by atoms with E-state index in [0.29, 0.717) is 4.88 Å². The highest BCUT2D eigenvalue weighted by atomic mass is 32.1. The summed E-state index contributed by atoms with van der Waals surface area (Å²) in [4.78, 5) is 11.3. The Hall–Kier alpha value is -1.35. The first kappa shape index (κ1) is 7.31. The minimum atomic E-state index is 0.713. The predicted molar refractivity (Wildman–Crippen MR) is 47.4 cm³/mol. The molecule has 0 aliphatic carbocycles. The number of aldehydes is 1. The second-order valence-electron chi connectivity index (χ2n) is 2.29. The highest BCUT2D eigenvalue weighted by Crippen LogP contribution is 2.26. The molecule has 60 valence electrons. The summed E-state index contributed by atoms with van der Waals surface area (Å²) in [6.07, 6.45) is 2.45. The molecule has 0 atom stereocenters. The van der Waals surface area contributed by atoms with Gasteiger partial charge in [-0.2, -0.15) is 0 Å². The van der Waals surface area contributed by atoms with Crippen molar-refractivity contribution in [3.63, 3.8) is 0 Å². The van der Waals surface area contributed by atoms with Gasteiger partial charge in [0.15, 0.2) is 6.29 Å². The molecule has 2 aromatic rings. The van der Waals surface area contributed by atoms with E-state index in [0.717, 1.165) is 17.6 Å². The molecule has 0 unspecified atom stereocenters. The van der Waals surface area contributed by atoms with Crippen molar-refractivity contribution in [3.8, 4) is 11.3 Å². The van der Waals surface area contributed by atoms with E-state index in [1.54, 1.807) is 6.26 Å². The van der Waals surface area contributed by atoms with Crippen molar-refractivity contribution in [3.05, 3.63) is 34.7 Å². The number of hydrogen-bond acceptors (Lipinski definition) is 3. The van der Waals surface area contributed by atoms with Crippen LogP contribution in [0.25, 0.3) is 11.3 Å². The van der Waals surface area contributed by atoms with Gasteiger partial charge in [0, 0.05) is 5.56 Å². The van der Waals surface area contributed by atoms with Crippen molar-refractivity contribution in [1.82, 2.24) is 0 Å². The lowest BCUT2D eigenvalue weighted by atomic mass is 10.2. The third kappa shape index (κ3) is 1.08. The number of carbonyl (C=O) groups is 1. The molecule has 2 rings (SSSR count). The van der Waals surface area contributed by atoms with Crippen LogP contribution in [0, 0.1) is 0 Å². The second kappa shape index (κ2) is 2.95. The average Bonchev–Trinajstić information content (AvgIpc) is 2.74. The van der Waals surface area contributed by atoms with E-state index in [1.807, 2.05) is 23.6 Å². The first-order valence-corrected chi connectivity index (χ1v) is 4.36. The van der Waals surface area contributed by atoms with Gasteiger partial charge in [0.2, 0.25) is 0 Å². The zero-order valence-corrected chi connectivity index (χ0v) is 7.01. The van der Waals surface area contributed by atoms with Crippen molar-refractivity contribution in [1.29, 1.82) is 0 Å². The molecule has 2 heterocycles. The lowest BCUT2D eigenvalue weighted by molar-refractivity contribution is 0.112. The van der Waals surface area contributed by atoms with Gasteiger partial charge < -0.3 is 4.42 Å². The van der Waals surface area contributed by atoms with Gasteiger partial charge in [0.25, 0.3) is 0 Å². The Morgan fingerprint density at radius 1 is 1.42 bits per heavy atom. The van der Waals surface area contributed by atoms with Gasteiger partial charge in [0.05, 0.1) is 11.1 Å². The molecule has 0 N–H and O–H groups in total. The molecule has 2 aromatic heterocycles. The monoisotopic (exact) mass is 178 g/mol. The number of carbonyl (C=O) groups excluding carboxylic acids is 1. The van der Waals surface area contributed by atoms with Crippen LogP contribution in [0.15, 0.2) is 34.3 Å². The number of rotatable bonds is 2. The first-order chi connectivity index (χ1) is 5.92. The molecule has 0 spiro atoms. The Kier molecular flexibility index (Phi) is 1.80. The molecule has 0 bridgehead atoms. The Morgan fingerprint density at radius 2 is 2.33 bits per heavy atom. The normalized spacial score (nSPS) is 10.0. The van der Waals surface area contributed by atoms with Crippen molar-refractivity contribution < 1.29 is 9.21 Å². The van der Waals surface area contributed by atoms with E-state index in [9.17, 15) is 4.79 Å². The molecule has 3 heteroatoms. The number of hydrogen-bond donors (Lipinski definition) is 0. The molecule has 0 saturated heterocycles. The van der Waals surface area contributed by atoms with Crippen LogP contribution in [0.2, 0.25) is 0 Å². The minimum absolute atomic E-state index is 0.713. The smallest absolute Gasteiger partial charge is 0.160 e. The lowest BCUT2D eigenvalue weighted by Crippen LogP contribution is -1.75. The van der Waals surface area contributed by atoms with Crippen molar-refractivity contribution in [2.75, 3.05) is 0 Å². The molecule has 0 aliphatic rings. The van der Waals surface area contributed by atoms with Gasteiger partial charge >= 0.3 is 0 Å². The summed E-state index contributed by atoms with van der Waals surface area (Å²) < 4.78 is 5.17. The summed E-state index contributed by atoms with van der Waals surface area (Å²) in [5.41, 5.74) is 0.875. The van der Waals surface area contributed by atoms with Gasteiger partial charge in [0.1, 0.15) is 5.76 Å².